The molecule has 0 aliphatic carbocycles. The molecule has 176 valence electrons. The summed E-state index contributed by atoms with van der Waals surface area (Å²) in [5.74, 6) is -0.222. The minimum atomic E-state index is -4.36. The van der Waals surface area contributed by atoms with Gasteiger partial charge in [-0.25, -0.2) is 4.98 Å². The molecule has 6 nitrogen and oxygen atoms in total. The van der Waals surface area contributed by atoms with Crippen molar-refractivity contribution in [3.8, 4) is 11.1 Å². The Kier molecular flexibility index (Phi) is 5.86. The van der Waals surface area contributed by atoms with Crippen LogP contribution in [0, 0.1) is 0 Å². The molecule has 2 aliphatic rings. The van der Waals surface area contributed by atoms with Crippen molar-refractivity contribution in [1.29, 1.82) is 0 Å². The molecule has 0 saturated carbocycles. The maximum absolute atomic E-state index is 12.8. The molecule has 10 heteroatoms. The lowest BCUT2D eigenvalue weighted by Crippen LogP contribution is -2.70. The third-order valence-corrected chi connectivity index (χ3v) is 6.84. The van der Waals surface area contributed by atoms with Crippen LogP contribution in [-0.2, 0) is 6.18 Å². The van der Waals surface area contributed by atoms with Crippen LogP contribution in [0.5, 0.6) is 0 Å². The molecule has 5 rings (SSSR count). The van der Waals surface area contributed by atoms with E-state index in [-0.39, 0.29) is 23.9 Å². The highest BCUT2D eigenvalue weighted by Crippen LogP contribution is 2.31. The van der Waals surface area contributed by atoms with Gasteiger partial charge in [0.1, 0.15) is 5.69 Å². The van der Waals surface area contributed by atoms with E-state index in [1.807, 2.05) is 0 Å². The molecule has 3 aromatic rings. The van der Waals surface area contributed by atoms with Crippen LogP contribution in [0.2, 0.25) is 0 Å². The van der Waals surface area contributed by atoms with Crippen LogP contribution in [0.15, 0.2) is 59.4 Å². The number of alkyl halides is 3. The van der Waals surface area contributed by atoms with Gasteiger partial charge in [0.05, 0.1) is 17.1 Å². The molecule has 34 heavy (non-hydrogen) atoms. The lowest BCUT2D eigenvalue weighted by Gasteiger charge is -2.51. The number of carbonyl (C=O) groups is 2. The minimum Gasteiger partial charge on any atom is -0.345 e. The van der Waals surface area contributed by atoms with Crippen LogP contribution in [-0.4, -0.2) is 64.9 Å². The summed E-state index contributed by atoms with van der Waals surface area (Å²) in [5, 5.41) is 4.69. The fraction of sp³-hybridized carbons (Fsp3) is 0.292. The van der Waals surface area contributed by atoms with Gasteiger partial charge >= 0.3 is 6.18 Å². The van der Waals surface area contributed by atoms with Gasteiger partial charge in [0.15, 0.2) is 0 Å². The number of nitrogens with zero attached hydrogens (tertiary/aromatic N) is 3. The first-order valence-electron chi connectivity index (χ1n) is 10.8. The summed E-state index contributed by atoms with van der Waals surface area (Å²) in [6.07, 6.45) is -4.36. The Labute approximate surface area is 198 Å². The van der Waals surface area contributed by atoms with Crippen LogP contribution < -0.4 is 5.32 Å². The van der Waals surface area contributed by atoms with Crippen LogP contribution in [0.3, 0.4) is 0 Å². The first-order chi connectivity index (χ1) is 16.3. The van der Waals surface area contributed by atoms with E-state index in [9.17, 15) is 22.8 Å². The molecule has 2 saturated heterocycles. The van der Waals surface area contributed by atoms with Crippen molar-refractivity contribution < 1.29 is 22.8 Å². The van der Waals surface area contributed by atoms with Crippen LogP contribution in [0.1, 0.15) is 26.4 Å². The molecule has 1 aromatic heterocycles. The summed E-state index contributed by atoms with van der Waals surface area (Å²) in [4.78, 5) is 32.9. The summed E-state index contributed by atoms with van der Waals surface area (Å²) in [5.41, 5.74) is 3.33. The van der Waals surface area contributed by atoms with E-state index < -0.39 is 11.7 Å². The number of nitrogens with one attached hydrogen (secondary N) is 1. The van der Waals surface area contributed by atoms with Crippen molar-refractivity contribution in [3.05, 3.63) is 76.2 Å². The Morgan fingerprint density at radius 3 is 2.12 bits per heavy atom. The van der Waals surface area contributed by atoms with E-state index in [0.717, 1.165) is 30.8 Å². The van der Waals surface area contributed by atoms with Gasteiger partial charge < -0.3 is 10.2 Å². The number of carbonyl (C=O) groups excluding carboxylic acids is 2. The van der Waals surface area contributed by atoms with Crippen molar-refractivity contribution >= 4 is 23.2 Å². The SMILES string of the molecule is O=C(NC1CN(C2CN(C(=O)c3ccc(-c4ccc(C(F)(F)F)cc4)cc3)C2)C1)c1cscn1. The molecule has 2 aliphatic heterocycles. The van der Waals surface area contributed by atoms with Gasteiger partial charge in [-0.15, -0.1) is 11.3 Å². The number of aromatic nitrogens is 1. The fourth-order valence-electron chi connectivity index (χ4n) is 4.18. The van der Waals surface area contributed by atoms with Gasteiger partial charge in [-0.1, -0.05) is 24.3 Å². The van der Waals surface area contributed by atoms with E-state index in [1.165, 1.54) is 23.5 Å². The first-order valence-corrected chi connectivity index (χ1v) is 11.7. The van der Waals surface area contributed by atoms with Crippen LogP contribution >= 0.6 is 11.3 Å². The van der Waals surface area contributed by atoms with Crippen molar-refractivity contribution in [1.82, 2.24) is 20.1 Å². The Hall–Kier alpha value is -3.24. The molecular weight excluding hydrogens is 465 g/mol. The lowest BCUT2D eigenvalue weighted by molar-refractivity contribution is -0.137. The first kappa shape index (κ1) is 22.5. The van der Waals surface area contributed by atoms with Crippen molar-refractivity contribution in [2.75, 3.05) is 26.2 Å². The predicted octanol–water partition coefficient (Wildman–Crippen LogP) is 3.77. The second-order valence-electron chi connectivity index (χ2n) is 8.51. The standard InChI is InChI=1S/C24H21F3N4O2S/c25-24(26,27)18-7-5-16(6-8-18)15-1-3-17(4-2-15)23(33)31-11-20(12-31)30-9-19(10-30)29-22(32)21-13-34-14-28-21/h1-8,13-14,19-20H,9-12H2,(H,29,32). The second kappa shape index (κ2) is 8.84. The molecule has 1 N–H and O–H groups in total. The Balaban J connectivity index is 1.10. The smallest absolute Gasteiger partial charge is 0.345 e. The molecule has 2 fully saturated rings. The van der Waals surface area contributed by atoms with E-state index in [2.05, 4.69) is 15.2 Å². The Bertz CT molecular complexity index is 1170. The number of amides is 2. The number of hydrogen-bond acceptors (Lipinski definition) is 5. The predicted molar refractivity (Wildman–Crippen MR) is 122 cm³/mol. The quantitative estimate of drug-likeness (QED) is 0.597. The zero-order chi connectivity index (χ0) is 23.9. The summed E-state index contributed by atoms with van der Waals surface area (Å²) in [7, 11) is 0. The molecule has 0 bridgehead atoms. The maximum atomic E-state index is 12.8. The van der Waals surface area contributed by atoms with Gasteiger partial charge in [-0.3, -0.25) is 14.5 Å². The second-order valence-corrected chi connectivity index (χ2v) is 9.23. The summed E-state index contributed by atoms with van der Waals surface area (Å²) >= 11 is 1.38. The maximum Gasteiger partial charge on any atom is 0.416 e. The monoisotopic (exact) mass is 486 g/mol. The van der Waals surface area contributed by atoms with E-state index >= 15 is 0 Å². The number of benzene rings is 2. The Morgan fingerprint density at radius 1 is 0.941 bits per heavy atom. The topological polar surface area (TPSA) is 65.5 Å². The third-order valence-electron chi connectivity index (χ3n) is 6.25. The van der Waals surface area contributed by atoms with Crippen molar-refractivity contribution in [2.24, 2.45) is 0 Å². The highest BCUT2D eigenvalue weighted by molar-refractivity contribution is 7.07. The number of hydrogen-bond donors (Lipinski definition) is 1. The van der Waals surface area contributed by atoms with E-state index in [4.69, 9.17) is 0 Å². The summed E-state index contributed by atoms with van der Waals surface area (Å²) < 4.78 is 38.2. The van der Waals surface area contributed by atoms with Gasteiger partial charge in [0.25, 0.3) is 11.8 Å². The van der Waals surface area contributed by atoms with Gasteiger partial charge in [-0.2, -0.15) is 13.2 Å². The molecule has 3 heterocycles. The minimum absolute atomic E-state index is 0.0656. The zero-order valence-corrected chi connectivity index (χ0v) is 18.8. The van der Waals surface area contributed by atoms with E-state index in [1.54, 1.807) is 40.1 Å². The highest BCUT2D eigenvalue weighted by atomic mass is 32.1. The molecule has 0 spiro atoms. The largest absolute Gasteiger partial charge is 0.416 e. The highest BCUT2D eigenvalue weighted by Gasteiger charge is 2.41. The summed E-state index contributed by atoms with van der Waals surface area (Å²) in [6.45, 7) is 2.77. The number of likely N-dealkylation sites (tertiary alicyclic amines) is 2. The van der Waals surface area contributed by atoms with E-state index in [0.29, 0.717) is 29.9 Å². The lowest BCUT2D eigenvalue weighted by atomic mass is 9.98. The number of thiazole rings is 1. The van der Waals surface area contributed by atoms with Crippen LogP contribution in [0.4, 0.5) is 13.2 Å². The number of halogens is 3. The molecule has 0 radical (unpaired) electrons. The van der Waals surface area contributed by atoms with Gasteiger partial charge in [0.2, 0.25) is 0 Å². The van der Waals surface area contributed by atoms with Gasteiger partial charge in [-0.05, 0) is 35.4 Å². The average molecular weight is 487 g/mol. The van der Waals surface area contributed by atoms with Crippen molar-refractivity contribution in [3.63, 3.8) is 0 Å². The summed E-state index contributed by atoms with van der Waals surface area (Å²) in [6, 6.07) is 12.2. The number of rotatable bonds is 5. The Morgan fingerprint density at radius 2 is 1.56 bits per heavy atom. The van der Waals surface area contributed by atoms with Gasteiger partial charge in [0, 0.05) is 43.2 Å². The molecule has 0 unspecified atom stereocenters. The molecular formula is C24H21F3N4O2S. The third kappa shape index (κ3) is 4.55. The molecule has 2 amide bonds. The zero-order valence-electron chi connectivity index (χ0n) is 18.0. The van der Waals surface area contributed by atoms with Crippen molar-refractivity contribution in [2.45, 2.75) is 18.3 Å². The average Bonchev–Trinajstić information content (AvgIpc) is 3.31. The normalized spacial score (nSPS) is 17.2. The fourth-order valence-corrected chi connectivity index (χ4v) is 4.71. The molecule has 2 aromatic carbocycles. The molecule has 0 atom stereocenters. The van der Waals surface area contributed by atoms with Crippen LogP contribution in [0.25, 0.3) is 11.1 Å².